The number of ether oxygens (including phenoxy) is 1. The van der Waals surface area contributed by atoms with E-state index in [-0.39, 0.29) is 34.9 Å². The van der Waals surface area contributed by atoms with E-state index in [1.807, 2.05) is 24.3 Å². The monoisotopic (exact) mass is 538 g/mol. The molecule has 3 amide bonds. The van der Waals surface area contributed by atoms with Crippen molar-refractivity contribution in [1.29, 1.82) is 0 Å². The maximum absolute atomic E-state index is 13.3. The summed E-state index contributed by atoms with van der Waals surface area (Å²) in [5.41, 5.74) is 2.97. The second-order valence-corrected chi connectivity index (χ2v) is 10.1. The van der Waals surface area contributed by atoms with E-state index in [2.05, 4.69) is 19.2 Å². The predicted octanol–water partition coefficient (Wildman–Crippen LogP) is 6.86. The SMILES string of the molecule is CC(C)c1ccccc1NC(=O)COc1ccc(/C=C2\SC(=O)N(Cc3ccc(F)cc3Cl)C2=O)cc1. The van der Waals surface area contributed by atoms with Crippen molar-refractivity contribution in [3.05, 3.63) is 99.2 Å². The predicted molar refractivity (Wildman–Crippen MR) is 144 cm³/mol. The van der Waals surface area contributed by atoms with Gasteiger partial charge in [-0.3, -0.25) is 19.3 Å². The molecule has 1 aliphatic rings. The molecular weight excluding hydrogens is 515 g/mol. The van der Waals surface area contributed by atoms with E-state index >= 15 is 0 Å². The van der Waals surface area contributed by atoms with E-state index in [0.29, 0.717) is 16.9 Å². The molecule has 1 aliphatic heterocycles. The van der Waals surface area contributed by atoms with Gasteiger partial charge in [0, 0.05) is 10.7 Å². The number of amides is 3. The molecule has 6 nitrogen and oxygen atoms in total. The zero-order valence-corrected chi connectivity index (χ0v) is 21.7. The van der Waals surface area contributed by atoms with Gasteiger partial charge in [0.05, 0.1) is 11.4 Å². The van der Waals surface area contributed by atoms with Crippen LogP contribution in [0.3, 0.4) is 0 Å². The molecule has 0 aliphatic carbocycles. The van der Waals surface area contributed by atoms with Gasteiger partial charge in [0.2, 0.25) is 0 Å². The van der Waals surface area contributed by atoms with Gasteiger partial charge in [-0.1, -0.05) is 61.8 Å². The van der Waals surface area contributed by atoms with Gasteiger partial charge in [-0.05, 0) is 70.8 Å². The van der Waals surface area contributed by atoms with Crippen LogP contribution in [0.4, 0.5) is 14.9 Å². The number of anilines is 1. The first-order valence-electron chi connectivity index (χ1n) is 11.5. The van der Waals surface area contributed by atoms with Crippen LogP contribution in [0.2, 0.25) is 5.02 Å². The Morgan fingerprint density at radius 3 is 2.54 bits per heavy atom. The Labute approximate surface area is 223 Å². The minimum absolute atomic E-state index is 0.0440. The van der Waals surface area contributed by atoms with Gasteiger partial charge < -0.3 is 10.1 Å². The summed E-state index contributed by atoms with van der Waals surface area (Å²) in [4.78, 5) is 38.9. The van der Waals surface area contributed by atoms with Crippen molar-refractivity contribution in [3.63, 3.8) is 0 Å². The van der Waals surface area contributed by atoms with Gasteiger partial charge in [0.15, 0.2) is 6.61 Å². The largest absolute Gasteiger partial charge is 0.484 e. The minimum Gasteiger partial charge on any atom is -0.484 e. The van der Waals surface area contributed by atoms with Crippen molar-refractivity contribution in [1.82, 2.24) is 4.90 Å². The number of benzene rings is 3. The van der Waals surface area contributed by atoms with Crippen LogP contribution in [0.15, 0.2) is 71.6 Å². The number of rotatable bonds is 8. The van der Waals surface area contributed by atoms with Gasteiger partial charge >= 0.3 is 0 Å². The maximum Gasteiger partial charge on any atom is 0.293 e. The molecule has 4 rings (SSSR count). The smallest absolute Gasteiger partial charge is 0.293 e. The number of nitrogens with zero attached hydrogens (tertiary/aromatic N) is 1. The van der Waals surface area contributed by atoms with E-state index < -0.39 is 17.0 Å². The maximum atomic E-state index is 13.3. The van der Waals surface area contributed by atoms with Crippen molar-refractivity contribution < 1.29 is 23.5 Å². The Bertz CT molecular complexity index is 1370. The standard InChI is InChI=1S/C28H24ClFN2O4S/c1-17(2)22-5-3-4-6-24(22)31-26(33)16-36-21-11-7-18(8-12-21)13-25-27(34)32(28(35)37-25)15-19-9-10-20(30)14-23(19)29/h3-14,17H,15-16H2,1-2H3,(H,31,33)/b25-13-. The molecule has 190 valence electrons. The zero-order chi connectivity index (χ0) is 26.5. The lowest BCUT2D eigenvalue weighted by molar-refractivity contribution is -0.123. The molecule has 1 heterocycles. The number of thioether (sulfide) groups is 1. The lowest BCUT2D eigenvalue weighted by atomic mass is 10.0. The molecule has 37 heavy (non-hydrogen) atoms. The molecule has 3 aromatic carbocycles. The molecule has 0 spiro atoms. The molecule has 1 N–H and O–H groups in total. The van der Waals surface area contributed by atoms with E-state index in [4.69, 9.17) is 16.3 Å². The Balaban J connectivity index is 1.35. The highest BCUT2D eigenvalue weighted by molar-refractivity contribution is 8.18. The summed E-state index contributed by atoms with van der Waals surface area (Å²) in [5.74, 6) is -0.455. The first-order valence-corrected chi connectivity index (χ1v) is 12.7. The molecule has 0 aromatic heterocycles. The number of halogens is 2. The third-order valence-corrected chi connectivity index (χ3v) is 6.88. The van der Waals surface area contributed by atoms with Crippen LogP contribution in [0, 0.1) is 5.82 Å². The zero-order valence-electron chi connectivity index (χ0n) is 20.2. The first-order chi connectivity index (χ1) is 17.7. The Kier molecular flexibility index (Phi) is 8.31. The fraction of sp³-hybridized carbons (Fsp3) is 0.179. The minimum atomic E-state index is -0.493. The summed E-state index contributed by atoms with van der Waals surface area (Å²) in [6.45, 7) is 3.92. The normalized spacial score (nSPS) is 14.5. The Morgan fingerprint density at radius 1 is 1.11 bits per heavy atom. The second-order valence-electron chi connectivity index (χ2n) is 8.65. The Morgan fingerprint density at radius 2 is 1.84 bits per heavy atom. The summed E-state index contributed by atoms with van der Waals surface area (Å²) in [6, 6.07) is 18.3. The van der Waals surface area contributed by atoms with Crippen molar-refractivity contribution in [2.24, 2.45) is 0 Å². The van der Waals surface area contributed by atoms with E-state index in [0.717, 1.165) is 34.0 Å². The molecule has 0 unspecified atom stereocenters. The van der Waals surface area contributed by atoms with Crippen molar-refractivity contribution in [2.45, 2.75) is 26.3 Å². The number of imide groups is 1. The van der Waals surface area contributed by atoms with E-state index in [9.17, 15) is 18.8 Å². The van der Waals surface area contributed by atoms with E-state index in [1.165, 1.54) is 12.1 Å². The fourth-order valence-corrected chi connectivity index (χ4v) is 4.78. The van der Waals surface area contributed by atoms with Crippen LogP contribution < -0.4 is 10.1 Å². The van der Waals surface area contributed by atoms with E-state index in [1.54, 1.807) is 30.3 Å². The van der Waals surface area contributed by atoms with Crippen LogP contribution in [0.5, 0.6) is 5.75 Å². The number of carbonyl (C=O) groups excluding carboxylic acids is 3. The second kappa shape index (κ2) is 11.6. The van der Waals surface area contributed by atoms with Gasteiger partial charge in [-0.2, -0.15) is 0 Å². The molecule has 3 aromatic rings. The summed E-state index contributed by atoms with van der Waals surface area (Å²) >= 11 is 6.87. The van der Waals surface area contributed by atoms with Crippen molar-refractivity contribution >= 4 is 52.2 Å². The van der Waals surface area contributed by atoms with Gasteiger partial charge in [0.25, 0.3) is 17.1 Å². The fourth-order valence-electron chi connectivity index (χ4n) is 3.72. The van der Waals surface area contributed by atoms with Crippen LogP contribution in [0.25, 0.3) is 6.08 Å². The van der Waals surface area contributed by atoms with Crippen molar-refractivity contribution in [3.8, 4) is 5.75 Å². The quantitative estimate of drug-likeness (QED) is 0.317. The highest BCUT2D eigenvalue weighted by Crippen LogP contribution is 2.34. The summed E-state index contributed by atoms with van der Waals surface area (Å²) < 4.78 is 18.9. The molecule has 0 radical (unpaired) electrons. The number of para-hydroxylation sites is 1. The van der Waals surface area contributed by atoms with Gasteiger partial charge in [0.1, 0.15) is 11.6 Å². The van der Waals surface area contributed by atoms with Crippen LogP contribution in [-0.2, 0) is 16.1 Å². The molecule has 0 bridgehead atoms. The number of hydrogen-bond donors (Lipinski definition) is 1. The summed E-state index contributed by atoms with van der Waals surface area (Å²) in [6.07, 6.45) is 1.61. The molecular formula is C28H24ClFN2O4S. The van der Waals surface area contributed by atoms with Gasteiger partial charge in [-0.25, -0.2) is 4.39 Å². The number of nitrogens with one attached hydrogen (secondary N) is 1. The van der Waals surface area contributed by atoms with Crippen LogP contribution in [0.1, 0.15) is 36.5 Å². The number of carbonyl (C=O) groups is 3. The van der Waals surface area contributed by atoms with Crippen LogP contribution >= 0.6 is 23.4 Å². The number of hydrogen-bond acceptors (Lipinski definition) is 5. The van der Waals surface area contributed by atoms with Gasteiger partial charge in [-0.15, -0.1) is 0 Å². The first kappa shape index (κ1) is 26.4. The third kappa shape index (κ3) is 6.58. The third-order valence-electron chi connectivity index (χ3n) is 5.62. The topological polar surface area (TPSA) is 75.7 Å². The molecule has 0 saturated carbocycles. The van der Waals surface area contributed by atoms with Crippen LogP contribution in [-0.4, -0.2) is 28.6 Å². The lowest BCUT2D eigenvalue weighted by Gasteiger charge is -2.14. The lowest BCUT2D eigenvalue weighted by Crippen LogP contribution is -2.27. The Hall–Kier alpha value is -3.62. The molecule has 1 saturated heterocycles. The van der Waals surface area contributed by atoms with Crippen molar-refractivity contribution in [2.75, 3.05) is 11.9 Å². The highest BCUT2D eigenvalue weighted by Gasteiger charge is 2.35. The molecule has 1 fully saturated rings. The molecule has 0 atom stereocenters. The summed E-state index contributed by atoms with van der Waals surface area (Å²) in [7, 11) is 0. The average molecular weight is 539 g/mol. The summed E-state index contributed by atoms with van der Waals surface area (Å²) in [5, 5.41) is 2.60. The molecule has 9 heteroatoms. The highest BCUT2D eigenvalue weighted by atomic mass is 35.5. The average Bonchev–Trinajstić information content (AvgIpc) is 3.12.